The molecule has 0 aliphatic carbocycles. The molecule has 1 saturated heterocycles. The van der Waals surface area contributed by atoms with Gasteiger partial charge in [-0.15, -0.1) is 0 Å². The highest BCUT2D eigenvalue weighted by Crippen LogP contribution is 2.31. The van der Waals surface area contributed by atoms with Gasteiger partial charge in [0.2, 0.25) is 0 Å². The molecule has 1 aromatic rings. The van der Waals surface area contributed by atoms with Crippen LogP contribution in [0.15, 0.2) is 24.3 Å². The van der Waals surface area contributed by atoms with Gasteiger partial charge in [0.05, 0.1) is 6.61 Å². The van der Waals surface area contributed by atoms with Crippen LogP contribution < -0.4 is 4.74 Å². The molecule has 0 aromatic heterocycles. The Morgan fingerprint density at radius 1 is 1.32 bits per heavy atom. The van der Waals surface area contributed by atoms with E-state index in [-0.39, 0.29) is 31.4 Å². The lowest BCUT2D eigenvalue weighted by Crippen LogP contribution is -2.53. The number of piperidine rings is 1. The smallest absolute Gasteiger partial charge is 0.313 e. The zero-order valence-corrected chi connectivity index (χ0v) is 14.5. The fourth-order valence-electron chi connectivity index (χ4n) is 3.02. The van der Waals surface area contributed by atoms with Gasteiger partial charge in [-0.3, -0.25) is 14.4 Å². The average Bonchev–Trinajstić information content (AvgIpc) is 2.60. The standard InChI is InChI=1S/C18H23NO6/c1-13(20)14-5-3-6-15(9-14)25-10-16(21)19-8-4-7-18(11-19,12-24-2)17(22)23/h3,5-6,9H,4,7-8,10-12H2,1-2H3,(H,22,23). The zero-order valence-electron chi connectivity index (χ0n) is 14.5. The first-order valence-corrected chi connectivity index (χ1v) is 8.12. The number of amides is 1. The summed E-state index contributed by atoms with van der Waals surface area (Å²) in [6.45, 7) is 1.91. The third-order valence-corrected chi connectivity index (χ3v) is 4.41. The summed E-state index contributed by atoms with van der Waals surface area (Å²) in [5, 5.41) is 9.53. The van der Waals surface area contributed by atoms with Crippen molar-refractivity contribution < 1.29 is 29.0 Å². The van der Waals surface area contributed by atoms with Crippen molar-refractivity contribution in [1.82, 2.24) is 4.90 Å². The van der Waals surface area contributed by atoms with Crippen LogP contribution in [-0.2, 0) is 14.3 Å². The SMILES string of the molecule is COCC1(C(=O)O)CCCN(C(=O)COc2cccc(C(C)=O)c2)C1. The zero-order chi connectivity index (χ0) is 18.4. The van der Waals surface area contributed by atoms with Gasteiger partial charge >= 0.3 is 5.97 Å². The van der Waals surface area contributed by atoms with Crippen molar-refractivity contribution in [1.29, 1.82) is 0 Å². The molecule has 0 saturated carbocycles. The van der Waals surface area contributed by atoms with Crippen LogP contribution in [-0.4, -0.2) is 61.1 Å². The van der Waals surface area contributed by atoms with Gasteiger partial charge in [0.1, 0.15) is 11.2 Å². The second-order valence-electron chi connectivity index (χ2n) is 6.31. The number of aliphatic carboxylic acids is 1. The molecule has 136 valence electrons. The van der Waals surface area contributed by atoms with Crippen molar-refractivity contribution in [3.8, 4) is 5.75 Å². The summed E-state index contributed by atoms with van der Waals surface area (Å²) >= 11 is 0. The van der Waals surface area contributed by atoms with Gasteiger partial charge in [-0.1, -0.05) is 12.1 Å². The van der Waals surface area contributed by atoms with Crippen molar-refractivity contribution in [2.45, 2.75) is 19.8 Å². The molecule has 0 radical (unpaired) electrons. The highest BCUT2D eigenvalue weighted by molar-refractivity contribution is 5.94. The molecule has 1 atom stereocenters. The Hall–Kier alpha value is -2.41. The Morgan fingerprint density at radius 2 is 2.08 bits per heavy atom. The molecule has 25 heavy (non-hydrogen) atoms. The van der Waals surface area contributed by atoms with Gasteiger partial charge < -0.3 is 19.5 Å². The number of carbonyl (C=O) groups excluding carboxylic acids is 2. The molecule has 1 unspecified atom stereocenters. The number of hydrogen-bond donors (Lipinski definition) is 1. The predicted octanol–water partition coefficient (Wildman–Crippen LogP) is 1.61. The fourth-order valence-corrected chi connectivity index (χ4v) is 3.02. The molecule has 0 spiro atoms. The summed E-state index contributed by atoms with van der Waals surface area (Å²) in [5.74, 6) is -0.894. The molecular weight excluding hydrogens is 326 g/mol. The van der Waals surface area contributed by atoms with E-state index in [2.05, 4.69) is 0 Å². The molecule has 1 fully saturated rings. The number of carboxylic acids is 1. The number of rotatable bonds is 7. The number of carboxylic acid groups (broad SMARTS) is 1. The van der Waals surface area contributed by atoms with E-state index < -0.39 is 11.4 Å². The lowest BCUT2D eigenvalue weighted by molar-refractivity contribution is -0.159. The number of hydrogen-bond acceptors (Lipinski definition) is 5. The third kappa shape index (κ3) is 4.57. The largest absolute Gasteiger partial charge is 0.484 e. The average molecular weight is 349 g/mol. The minimum atomic E-state index is -1.07. The van der Waals surface area contributed by atoms with E-state index in [1.165, 1.54) is 18.9 Å². The monoisotopic (exact) mass is 349 g/mol. The maximum Gasteiger partial charge on any atom is 0.313 e. The van der Waals surface area contributed by atoms with Crippen LogP contribution in [0.25, 0.3) is 0 Å². The van der Waals surface area contributed by atoms with Gasteiger partial charge in [0, 0.05) is 25.8 Å². The van der Waals surface area contributed by atoms with Crippen LogP contribution in [0, 0.1) is 5.41 Å². The fraction of sp³-hybridized carbons (Fsp3) is 0.500. The quantitative estimate of drug-likeness (QED) is 0.752. The summed E-state index contributed by atoms with van der Waals surface area (Å²) in [5.41, 5.74) is -0.565. The molecular formula is C18H23NO6. The summed E-state index contributed by atoms with van der Waals surface area (Å²) < 4.78 is 10.5. The first-order chi connectivity index (χ1) is 11.9. The highest BCUT2D eigenvalue weighted by atomic mass is 16.5. The number of likely N-dealkylation sites (tertiary alicyclic amines) is 1. The van der Waals surface area contributed by atoms with Crippen molar-refractivity contribution in [3.05, 3.63) is 29.8 Å². The number of benzene rings is 1. The van der Waals surface area contributed by atoms with Crippen molar-refractivity contribution >= 4 is 17.7 Å². The molecule has 1 heterocycles. The first-order valence-electron chi connectivity index (χ1n) is 8.12. The first kappa shape index (κ1) is 18.9. The second kappa shape index (κ2) is 8.11. The number of methoxy groups -OCH3 is 1. The number of ketones is 1. The lowest BCUT2D eigenvalue weighted by atomic mass is 9.80. The summed E-state index contributed by atoms with van der Waals surface area (Å²) in [6, 6.07) is 6.61. The number of carbonyl (C=O) groups is 3. The Bertz CT molecular complexity index is 655. The van der Waals surface area contributed by atoms with Crippen molar-refractivity contribution in [3.63, 3.8) is 0 Å². The van der Waals surface area contributed by atoms with Crippen LogP contribution in [0.5, 0.6) is 5.75 Å². The van der Waals surface area contributed by atoms with Crippen LogP contribution in [0.4, 0.5) is 0 Å². The summed E-state index contributed by atoms with van der Waals surface area (Å²) in [6.07, 6.45) is 1.07. The van der Waals surface area contributed by atoms with E-state index in [4.69, 9.17) is 9.47 Å². The molecule has 1 aliphatic heterocycles. The molecule has 1 amide bonds. The highest BCUT2D eigenvalue weighted by Gasteiger charge is 2.43. The molecule has 1 aromatic carbocycles. The van der Waals surface area contributed by atoms with E-state index in [0.717, 1.165) is 0 Å². The predicted molar refractivity (Wildman–Crippen MR) is 89.7 cm³/mol. The Morgan fingerprint density at radius 3 is 2.72 bits per heavy atom. The van der Waals surface area contributed by atoms with E-state index in [9.17, 15) is 19.5 Å². The third-order valence-electron chi connectivity index (χ3n) is 4.41. The van der Waals surface area contributed by atoms with E-state index in [1.54, 1.807) is 24.3 Å². The minimum absolute atomic E-state index is 0.0631. The Balaban J connectivity index is 1.99. The maximum absolute atomic E-state index is 12.4. The summed E-state index contributed by atoms with van der Waals surface area (Å²) in [7, 11) is 1.45. The van der Waals surface area contributed by atoms with Gasteiger partial charge in [-0.05, 0) is 31.9 Å². The molecule has 1 aliphatic rings. The lowest BCUT2D eigenvalue weighted by Gasteiger charge is -2.39. The van der Waals surface area contributed by atoms with Gasteiger partial charge in [0.25, 0.3) is 5.91 Å². The van der Waals surface area contributed by atoms with Crippen molar-refractivity contribution in [2.75, 3.05) is 33.4 Å². The Kier molecular flexibility index (Phi) is 6.14. The van der Waals surface area contributed by atoms with Crippen LogP contribution in [0.1, 0.15) is 30.1 Å². The molecule has 1 N–H and O–H groups in total. The molecule has 7 nitrogen and oxygen atoms in total. The van der Waals surface area contributed by atoms with E-state index >= 15 is 0 Å². The normalized spacial score (nSPS) is 20.2. The van der Waals surface area contributed by atoms with Gasteiger partial charge in [-0.2, -0.15) is 0 Å². The number of Topliss-reactive ketones (excluding diaryl/α,β-unsaturated/α-hetero) is 1. The van der Waals surface area contributed by atoms with Crippen molar-refractivity contribution in [2.24, 2.45) is 5.41 Å². The van der Waals surface area contributed by atoms with Crippen LogP contribution in [0.2, 0.25) is 0 Å². The molecule has 0 bridgehead atoms. The van der Waals surface area contributed by atoms with Crippen LogP contribution in [0.3, 0.4) is 0 Å². The number of ether oxygens (including phenoxy) is 2. The molecule has 7 heteroatoms. The van der Waals surface area contributed by atoms with Gasteiger partial charge in [0.15, 0.2) is 12.4 Å². The number of nitrogens with zero attached hydrogens (tertiary/aromatic N) is 1. The van der Waals surface area contributed by atoms with E-state index in [0.29, 0.717) is 30.7 Å². The Labute approximate surface area is 146 Å². The second-order valence-corrected chi connectivity index (χ2v) is 6.31. The van der Waals surface area contributed by atoms with Gasteiger partial charge in [-0.25, -0.2) is 0 Å². The maximum atomic E-state index is 12.4. The van der Waals surface area contributed by atoms with Crippen LogP contribution >= 0.6 is 0 Å². The molecule has 2 rings (SSSR count). The summed E-state index contributed by atoms with van der Waals surface area (Å²) in [4.78, 5) is 36.9. The minimum Gasteiger partial charge on any atom is -0.484 e. The van der Waals surface area contributed by atoms with E-state index in [1.807, 2.05) is 0 Å². The topological polar surface area (TPSA) is 93.1 Å².